The summed E-state index contributed by atoms with van der Waals surface area (Å²) in [6.45, 7) is 2.11. The Labute approximate surface area is 259 Å². The van der Waals surface area contributed by atoms with E-state index >= 15 is 0 Å². The lowest BCUT2D eigenvalue weighted by molar-refractivity contribution is -0.137. The molecule has 1 fully saturated rings. The SMILES string of the molecule is CS(=O)(=O)N(CC1CCN(C(=O)CCOCc2ccc(Cl)c(Cl)c2)C(NCc2ccccc2)C1)c1ccccc1.Cl. The van der Waals surface area contributed by atoms with Crippen molar-refractivity contribution in [2.24, 2.45) is 5.92 Å². The van der Waals surface area contributed by atoms with Crippen LogP contribution in [-0.2, 0) is 32.7 Å². The largest absolute Gasteiger partial charge is 0.376 e. The van der Waals surface area contributed by atoms with Crippen molar-refractivity contribution < 1.29 is 17.9 Å². The molecule has 1 saturated heterocycles. The van der Waals surface area contributed by atoms with Crippen LogP contribution in [0, 0.1) is 5.92 Å². The summed E-state index contributed by atoms with van der Waals surface area (Å²) in [6.07, 6.45) is 2.61. The Kier molecular flexibility index (Phi) is 12.8. The molecule has 41 heavy (non-hydrogen) atoms. The number of benzene rings is 3. The van der Waals surface area contributed by atoms with E-state index in [1.54, 1.807) is 12.1 Å². The number of anilines is 1. The Bertz CT molecular complexity index is 1360. The van der Waals surface area contributed by atoms with Gasteiger partial charge in [-0.05, 0) is 54.2 Å². The number of hydrogen-bond acceptors (Lipinski definition) is 5. The van der Waals surface area contributed by atoms with Crippen LogP contribution in [-0.4, -0.2) is 51.3 Å². The molecular formula is C30H36Cl3N3O4S. The van der Waals surface area contributed by atoms with Crippen LogP contribution in [0.15, 0.2) is 78.9 Å². The van der Waals surface area contributed by atoms with Crippen LogP contribution in [0.25, 0.3) is 0 Å². The van der Waals surface area contributed by atoms with Crippen molar-refractivity contribution in [2.75, 3.05) is 30.3 Å². The number of sulfonamides is 1. The van der Waals surface area contributed by atoms with E-state index in [9.17, 15) is 13.2 Å². The van der Waals surface area contributed by atoms with Crippen molar-refractivity contribution in [3.63, 3.8) is 0 Å². The lowest BCUT2D eigenvalue weighted by Crippen LogP contribution is -2.54. The second kappa shape index (κ2) is 15.8. The number of para-hydroxylation sites is 1. The number of amides is 1. The van der Waals surface area contributed by atoms with Gasteiger partial charge in [-0.15, -0.1) is 12.4 Å². The number of piperidine rings is 1. The Morgan fingerprint density at radius 3 is 2.34 bits per heavy atom. The highest BCUT2D eigenvalue weighted by Crippen LogP contribution is 2.27. The molecule has 0 spiro atoms. The third kappa shape index (κ3) is 9.87. The van der Waals surface area contributed by atoms with Crippen LogP contribution in [0.4, 0.5) is 5.69 Å². The molecule has 1 amide bonds. The second-order valence-electron chi connectivity index (χ2n) is 10.0. The topological polar surface area (TPSA) is 79.0 Å². The molecule has 0 bridgehead atoms. The molecule has 2 atom stereocenters. The third-order valence-electron chi connectivity index (χ3n) is 7.00. The van der Waals surface area contributed by atoms with Gasteiger partial charge in [0.25, 0.3) is 0 Å². The average molecular weight is 641 g/mol. The van der Waals surface area contributed by atoms with E-state index in [0.29, 0.717) is 54.8 Å². The Morgan fingerprint density at radius 1 is 1.00 bits per heavy atom. The van der Waals surface area contributed by atoms with Crippen LogP contribution in [0.3, 0.4) is 0 Å². The highest BCUT2D eigenvalue weighted by atomic mass is 35.5. The van der Waals surface area contributed by atoms with Crippen molar-refractivity contribution in [3.8, 4) is 0 Å². The summed E-state index contributed by atoms with van der Waals surface area (Å²) in [7, 11) is -3.46. The van der Waals surface area contributed by atoms with Gasteiger partial charge in [-0.3, -0.25) is 14.4 Å². The highest BCUT2D eigenvalue weighted by molar-refractivity contribution is 7.92. The number of carbonyl (C=O) groups is 1. The molecule has 0 aromatic heterocycles. The summed E-state index contributed by atoms with van der Waals surface area (Å²) in [5.74, 6) is 0.0827. The summed E-state index contributed by atoms with van der Waals surface area (Å²) in [4.78, 5) is 15.2. The van der Waals surface area contributed by atoms with E-state index < -0.39 is 10.0 Å². The first-order valence-electron chi connectivity index (χ1n) is 13.3. The number of likely N-dealkylation sites (tertiary alicyclic amines) is 1. The standard InChI is InChI=1S/C30H35Cl2N3O4S.ClH/c1-40(37,38)35(26-10-6-3-7-11-26)21-24-14-16-34(29(19-24)33-20-23-8-4-2-5-9-23)30(36)15-17-39-22-25-12-13-27(31)28(32)18-25;/h2-13,18,24,29,33H,14-17,19-22H2,1H3;1H. The maximum Gasteiger partial charge on any atom is 0.232 e. The second-order valence-corrected chi connectivity index (χ2v) is 12.8. The fourth-order valence-electron chi connectivity index (χ4n) is 4.91. The van der Waals surface area contributed by atoms with Crippen molar-refractivity contribution >= 4 is 57.2 Å². The highest BCUT2D eigenvalue weighted by Gasteiger charge is 2.33. The van der Waals surface area contributed by atoms with Gasteiger partial charge in [0, 0.05) is 19.6 Å². The Morgan fingerprint density at radius 2 is 1.68 bits per heavy atom. The smallest absolute Gasteiger partial charge is 0.232 e. The summed E-state index contributed by atoms with van der Waals surface area (Å²) < 4.78 is 32.6. The van der Waals surface area contributed by atoms with Gasteiger partial charge >= 0.3 is 0 Å². The number of nitrogens with zero attached hydrogens (tertiary/aromatic N) is 2. The van der Waals surface area contributed by atoms with E-state index in [1.807, 2.05) is 71.6 Å². The maximum atomic E-state index is 13.3. The number of ether oxygens (including phenoxy) is 1. The molecule has 3 aromatic carbocycles. The molecule has 1 aliphatic heterocycles. The molecule has 0 saturated carbocycles. The first-order chi connectivity index (χ1) is 19.2. The third-order valence-corrected chi connectivity index (χ3v) is 8.90. The first kappa shape index (κ1) is 33.2. The van der Waals surface area contributed by atoms with Gasteiger partial charge in [0.05, 0.1) is 47.8 Å². The molecule has 4 rings (SSSR count). The molecule has 0 radical (unpaired) electrons. The quantitative estimate of drug-likeness (QED) is 0.241. The van der Waals surface area contributed by atoms with E-state index in [1.165, 1.54) is 10.6 Å². The van der Waals surface area contributed by atoms with E-state index in [-0.39, 0.29) is 43.4 Å². The van der Waals surface area contributed by atoms with E-state index in [4.69, 9.17) is 27.9 Å². The van der Waals surface area contributed by atoms with Gasteiger partial charge in [0.2, 0.25) is 15.9 Å². The van der Waals surface area contributed by atoms with Crippen molar-refractivity contribution in [3.05, 3.63) is 100 Å². The van der Waals surface area contributed by atoms with Crippen LogP contribution in [0.5, 0.6) is 0 Å². The molecule has 11 heteroatoms. The summed E-state index contributed by atoms with van der Waals surface area (Å²) >= 11 is 12.1. The minimum absolute atomic E-state index is 0. The Hall–Kier alpha value is -2.33. The van der Waals surface area contributed by atoms with Gasteiger partial charge in [0.1, 0.15) is 0 Å². The fraction of sp³-hybridized carbons (Fsp3) is 0.367. The number of carbonyl (C=O) groups excluding carboxylic acids is 1. The van der Waals surface area contributed by atoms with Gasteiger partial charge in [-0.1, -0.05) is 77.8 Å². The average Bonchev–Trinajstić information content (AvgIpc) is 2.95. The van der Waals surface area contributed by atoms with Gasteiger partial charge in [0.15, 0.2) is 0 Å². The van der Waals surface area contributed by atoms with E-state index in [0.717, 1.165) is 11.1 Å². The predicted molar refractivity (Wildman–Crippen MR) is 168 cm³/mol. The number of nitrogens with one attached hydrogen (secondary N) is 1. The van der Waals surface area contributed by atoms with Crippen LogP contribution >= 0.6 is 35.6 Å². The number of hydrogen-bond donors (Lipinski definition) is 1. The predicted octanol–water partition coefficient (Wildman–Crippen LogP) is 6.14. The first-order valence-corrected chi connectivity index (χ1v) is 15.9. The summed E-state index contributed by atoms with van der Waals surface area (Å²) in [5.41, 5.74) is 2.65. The molecule has 7 nitrogen and oxygen atoms in total. The molecule has 1 N–H and O–H groups in total. The van der Waals surface area contributed by atoms with E-state index in [2.05, 4.69) is 5.32 Å². The van der Waals surface area contributed by atoms with Crippen LogP contribution in [0.2, 0.25) is 10.0 Å². The lowest BCUT2D eigenvalue weighted by atomic mass is 9.93. The monoisotopic (exact) mass is 639 g/mol. The van der Waals surface area contributed by atoms with Crippen LogP contribution < -0.4 is 9.62 Å². The zero-order valence-corrected chi connectivity index (χ0v) is 26.1. The fourth-order valence-corrected chi connectivity index (χ4v) is 6.22. The number of halogens is 3. The molecule has 3 aromatic rings. The molecule has 222 valence electrons. The minimum atomic E-state index is -3.46. The summed E-state index contributed by atoms with van der Waals surface area (Å²) in [5, 5.41) is 4.50. The number of rotatable bonds is 12. The molecule has 1 heterocycles. The summed E-state index contributed by atoms with van der Waals surface area (Å²) in [6, 6.07) is 24.5. The van der Waals surface area contributed by atoms with Gasteiger partial charge in [-0.2, -0.15) is 0 Å². The van der Waals surface area contributed by atoms with Crippen molar-refractivity contribution in [2.45, 2.75) is 38.6 Å². The van der Waals surface area contributed by atoms with Gasteiger partial charge in [-0.25, -0.2) is 8.42 Å². The maximum absolute atomic E-state index is 13.3. The van der Waals surface area contributed by atoms with Crippen molar-refractivity contribution in [1.29, 1.82) is 0 Å². The van der Waals surface area contributed by atoms with Crippen LogP contribution in [0.1, 0.15) is 30.4 Å². The van der Waals surface area contributed by atoms with Gasteiger partial charge < -0.3 is 9.64 Å². The molecule has 0 aliphatic carbocycles. The minimum Gasteiger partial charge on any atom is -0.376 e. The molecule has 1 aliphatic rings. The van der Waals surface area contributed by atoms with Crippen molar-refractivity contribution in [1.82, 2.24) is 10.2 Å². The normalized spacial score (nSPS) is 17.1. The zero-order valence-electron chi connectivity index (χ0n) is 22.9. The Balaban J connectivity index is 0.00000462. The molecule has 2 unspecified atom stereocenters. The lowest BCUT2D eigenvalue weighted by Gasteiger charge is -2.41. The molecular weight excluding hydrogens is 605 g/mol. The zero-order chi connectivity index (χ0) is 28.5.